The van der Waals surface area contributed by atoms with Gasteiger partial charge >= 0.3 is 0 Å². The van der Waals surface area contributed by atoms with E-state index in [4.69, 9.17) is 4.74 Å². The number of nitrogens with zero attached hydrogens (tertiary/aromatic N) is 2. The van der Waals surface area contributed by atoms with Crippen molar-refractivity contribution in [1.29, 1.82) is 0 Å². The molecule has 126 valence electrons. The summed E-state index contributed by atoms with van der Waals surface area (Å²) in [4.78, 5) is 27.6. The Kier molecular flexibility index (Phi) is 6.20. The third-order valence-electron chi connectivity index (χ3n) is 4.90. The van der Waals surface area contributed by atoms with E-state index in [1.165, 1.54) is 0 Å². The number of hydrogen-bond donors (Lipinski definition) is 1. The Balaban J connectivity index is 1.90. The van der Waals surface area contributed by atoms with E-state index in [-0.39, 0.29) is 30.4 Å². The smallest absolute Gasteiger partial charge is 0.242 e. The van der Waals surface area contributed by atoms with Gasteiger partial charge in [-0.2, -0.15) is 0 Å². The maximum atomic E-state index is 12.5. The van der Waals surface area contributed by atoms with Crippen molar-refractivity contribution in [3.05, 3.63) is 0 Å². The Morgan fingerprint density at radius 3 is 2.82 bits per heavy atom. The van der Waals surface area contributed by atoms with Crippen molar-refractivity contribution in [2.24, 2.45) is 5.41 Å². The fraction of sp³-hybridized carbons (Fsp3) is 0.875. The molecule has 0 aromatic rings. The number of likely N-dealkylation sites (tertiary alicyclic amines) is 2. The average molecular weight is 312 g/mol. The number of aliphatic hydroxyl groups excluding tert-OH is 1. The van der Waals surface area contributed by atoms with Crippen molar-refractivity contribution in [3.63, 3.8) is 0 Å². The molecule has 2 fully saturated rings. The fourth-order valence-electron chi connectivity index (χ4n) is 3.56. The number of methoxy groups -OCH3 is 1. The number of carbonyl (C=O) groups excluding carboxylic acids is 2. The molecule has 2 amide bonds. The molecule has 0 radical (unpaired) electrons. The lowest BCUT2D eigenvalue weighted by atomic mass is 9.77. The Bertz CT molecular complexity index is 402. The van der Waals surface area contributed by atoms with E-state index in [0.717, 1.165) is 38.6 Å². The van der Waals surface area contributed by atoms with Crippen LogP contribution < -0.4 is 0 Å². The molecular weight excluding hydrogens is 284 g/mol. The van der Waals surface area contributed by atoms with Gasteiger partial charge in [0, 0.05) is 45.2 Å². The van der Waals surface area contributed by atoms with Crippen molar-refractivity contribution in [3.8, 4) is 0 Å². The van der Waals surface area contributed by atoms with Gasteiger partial charge in [0.2, 0.25) is 11.8 Å². The van der Waals surface area contributed by atoms with Crippen LogP contribution >= 0.6 is 0 Å². The predicted octanol–water partition coefficient (Wildman–Crippen LogP) is 0.637. The molecule has 0 spiro atoms. The topological polar surface area (TPSA) is 70.1 Å². The summed E-state index contributed by atoms with van der Waals surface area (Å²) in [6.45, 7) is 2.98. The normalized spacial score (nSPS) is 25.8. The van der Waals surface area contributed by atoms with Crippen LogP contribution in [-0.4, -0.2) is 73.2 Å². The van der Waals surface area contributed by atoms with Crippen LogP contribution in [0, 0.1) is 5.41 Å². The van der Waals surface area contributed by atoms with E-state index in [9.17, 15) is 14.7 Å². The molecule has 0 saturated carbocycles. The van der Waals surface area contributed by atoms with Crippen LogP contribution in [0.15, 0.2) is 0 Å². The summed E-state index contributed by atoms with van der Waals surface area (Å²) < 4.78 is 5.09. The number of rotatable bonds is 7. The molecule has 2 heterocycles. The quantitative estimate of drug-likeness (QED) is 0.700. The van der Waals surface area contributed by atoms with E-state index >= 15 is 0 Å². The van der Waals surface area contributed by atoms with Crippen molar-refractivity contribution < 1.29 is 19.4 Å². The van der Waals surface area contributed by atoms with Gasteiger partial charge in [-0.05, 0) is 32.1 Å². The summed E-state index contributed by atoms with van der Waals surface area (Å²) >= 11 is 0. The third-order valence-corrected chi connectivity index (χ3v) is 4.90. The average Bonchev–Trinajstić information content (AvgIpc) is 2.93. The van der Waals surface area contributed by atoms with Gasteiger partial charge in [-0.25, -0.2) is 0 Å². The first kappa shape index (κ1) is 17.2. The molecule has 2 saturated heterocycles. The summed E-state index contributed by atoms with van der Waals surface area (Å²) in [7, 11) is 1.68. The minimum absolute atomic E-state index is 0.0134. The second-order valence-corrected chi connectivity index (χ2v) is 6.59. The standard InChI is InChI=1S/C16H28N2O4/c1-22-10-4-7-16(13-19)6-3-9-18(12-16)15(21)11-17-8-2-5-14(17)20/h19H,2-13H2,1H3/t16-/m0/s1. The van der Waals surface area contributed by atoms with Gasteiger partial charge in [0.05, 0.1) is 13.2 Å². The first-order chi connectivity index (χ1) is 10.6. The molecule has 6 nitrogen and oxygen atoms in total. The van der Waals surface area contributed by atoms with Gasteiger partial charge in [-0.1, -0.05) is 0 Å². The minimum atomic E-state index is -0.207. The zero-order valence-electron chi connectivity index (χ0n) is 13.6. The molecule has 0 bridgehead atoms. The van der Waals surface area contributed by atoms with Crippen molar-refractivity contribution in [1.82, 2.24) is 9.80 Å². The summed E-state index contributed by atoms with van der Waals surface area (Å²) in [5, 5.41) is 9.82. The number of carbonyl (C=O) groups is 2. The van der Waals surface area contributed by atoms with Crippen molar-refractivity contribution >= 4 is 11.8 Å². The third kappa shape index (κ3) is 4.20. The lowest BCUT2D eigenvalue weighted by Gasteiger charge is -2.42. The van der Waals surface area contributed by atoms with Crippen LogP contribution in [0.5, 0.6) is 0 Å². The maximum absolute atomic E-state index is 12.5. The fourth-order valence-corrected chi connectivity index (χ4v) is 3.56. The van der Waals surface area contributed by atoms with E-state index < -0.39 is 0 Å². The summed E-state index contributed by atoms with van der Waals surface area (Å²) in [6, 6.07) is 0. The Labute approximate surface area is 132 Å². The molecule has 0 aromatic heterocycles. The Hall–Kier alpha value is -1.14. The number of piperidine rings is 1. The van der Waals surface area contributed by atoms with Gasteiger partial charge in [0.25, 0.3) is 0 Å². The van der Waals surface area contributed by atoms with Crippen LogP contribution in [0.2, 0.25) is 0 Å². The van der Waals surface area contributed by atoms with Gasteiger partial charge in [-0.3, -0.25) is 9.59 Å². The van der Waals surface area contributed by atoms with Crippen LogP contribution in [0.25, 0.3) is 0 Å². The molecule has 2 aliphatic heterocycles. The molecule has 1 atom stereocenters. The highest BCUT2D eigenvalue weighted by molar-refractivity contribution is 5.86. The summed E-state index contributed by atoms with van der Waals surface area (Å²) in [5.41, 5.74) is -0.207. The van der Waals surface area contributed by atoms with Crippen LogP contribution in [-0.2, 0) is 14.3 Å². The minimum Gasteiger partial charge on any atom is -0.396 e. The zero-order chi connectivity index (χ0) is 16.0. The van der Waals surface area contributed by atoms with Gasteiger partial charge < -0.3 is 19.6 Å². The van der Waals surface area contributed by atoms with Crippen LogP contribution in [0.4, 0.5) is 0 Å². The molecule has 2 aliphatic rings. The van der Waals surface area contributed by atoms with Crippen LogP contribution in [0.3, 0.4) is 0 Å². The number of amides is 2. The first-order valence-electron chi connectivity index (χ1n) is 8.25. The lowest BCUT2D eigenvalue weighted by Crippen LogP contribution is -2.50. The molecule has 1 N–H and O–H groups in total. The monoisotopic (exact) mass is 312 g/mol. The van der Waals surface area contributed by atoms with Crippen LogP contribution in [0.1, 0.15) is 38.5 Å². The predicted molar refractivity (Wildman–Crippen MR) is 82.3 cm³/mol. The van der Waals surface area contributed by atoms with E-state index in [1.54, 1.807) is 12.0 Å². The molecule has 2 rings (SSSR count). The van der Waals surface area contributed by atoms with E-state index in [1.807, 2.05) is 4.90 Å². The summed E-state index contributed by atoms with van der Waals surface area (Å²) in [6.07, 6.45) is 5.02. The second kappa shape index (κ2) is 7.92. The van der Waals surface area contributed by atoms with Gasteiger partial charge in [0.1, 0.15) is 0 Å². The van der Waals surface area contributed by atoms with Gasteiger partial charge in [-0.15, -0.1) is 0 Å². The zero-order valence-corrected chi connectivity index (χ0v) is 13.6. The molecule has 6 heteroatoms. The second-order valence-electron chi connectivity index (χ2n) is 6.59. The first-order valence-corrected chi connectivity index (χ1v) is 8.25. The highest BCUT2D eigenvalue weighted by atomic mass is 16.5. The SMILES string of the molecule is COCCC[C@@]1(CO)CCCN(C(=O)CN2CCCC2=O)C1. The largest absolute Gasteiger partial charge is 0.396 e. The highest BCUT2D eigenvalue weighted by Gasteiger charge is 2.37. The summed E-state index contributed by atoms with van der Waals surface area (Å²) in [5.74, 6) is 0.0957. The van der Waals surface area contributed by atoms with Crippen molar-refractivity contribution in [2.75, 3.05) is 46.5 Å². The molecule has 0 aromatic carbocycles. The number of ether oxygens (including phenoxy) is 1. The lowest BCUT2D eigenvalue weighted by molar-refractivity contribution is -0.141. The van der Waals surface area contributed by atoms with E-state index in [0.29, 0.717) is 26.1 Å². The molecular formula is C16H28N2O4. The molecule has 22 heavy (non-hydrogen) atoms. The number of aliphatic hydroxyl groups is 1. The molecule has 0 aliphatic carbocycles. The van der Waals surface area contributed by atoms with E-state index in [2.05, 4.69) is 0 Å². The van der Waals surface area contributed by atoms with Crippen molar-refractivity contribution in [2.45, 2.75) is 38.5 Å². The Morgan fingerprint density at radius 2 is 2.18 bits per heavy atom. The maximum Gasteiger partial charge on any atom is 0.242 e. The molecule has 0 unspecified atom stereocenters. The Morgan fingerprint density at radius 1 is 1.36 bits per heavy atom. The highest BCUT2D eigenvalue weighted by Crippen LogP contribution is 2.34. The van der Waals surface area contributed by atoms with Gasteiger partial charge in [0.15, 0.2) is 0 Å². The number of hydrogen-bond acceptors (Lipinski definition) is 4.